The number of para-hydroxylation sites is 1. The fraction of sp³-hybridized carbons (Fsp3) is 0.167. The van der Waals surface area contributed by atoms with Crippen molar-refractivity contribution in [1.82, 2.24) is 10.2 Å². The molecule has 0 bridgehead atoms. The van der Waals surface area contributed by atoms with Gasteiger partial charge in [-0.25, -0.2) is 4.39 Å². The van der Waals surface area contributed by atoms with Gasteiger partial charge in [-0.1, -0.05) is 48.2 Å². The first-order chi connectivity index (χ1) is 11.7. The molecule has 1 aromatic heterocycles. The Hall–Kier alpha value is -2.47. The summed E-state index contributed by atoms with van der Waals surface area (Å²) in [5, 5.41) is 10.6. The molecular formula is C18H14FN3OS. The minimum atomic E-state index is -0.374. The molecule has 2 heterocycles. The van der Waals surface area contributed by atoms with Crippen LogP contribution in [0.2, 0.25) is 0 Å². The normalized spacial score (nSPS) is 17.6. The second-order valence-corrected chi connectivity index (χ2v) is 6.76. The van der Waals surface area contributed by atoms with E-state index in [4.69, 9.17) is 0 Å². The summed E-state index contributed by atoms with van der Waals surface area (Å²) < 4.78 is 14.0. The van der Waals surface area contributed by atoms with Crippen molar-refractivity contribution in [3.05, 3.63) is 60.5 Å². The van der Waals surface area contributed by atoms with Crippen LogP contribution in [0.1, 0.15) is 6.42 Å². The first kappa shape index (κ1) is 15.1. The van der Waals surface area contributed by atoms with Crippen LogP contribution in [0.3, 0.4) is 0 Å². The molecule has 0 N–H and O–H groups in total. The number of anilines is 1. The van der Waals surface area contributed by atoms with Crippen molar-refractivity contribution in [2.75, 3.05) is 11.4 Å². The molecule has 0 unspecified atom stereocenters. The Balaban J connectivity index is 1.60. The maximum Gasteiger partial charge on any atom is 0.240 e. The number of carbonyl (C=O) groups is 1. The molecule has 4 nitrogen and oxygen atoms in total. The highest BCUT2D eigenvalue weighted by Crippen LogP contribution is 2.35. The lowest BCUT2D eigenvalue weighted by molar-refractivity contribution is -0.116. The number of hydrogen-bond donors (Lipinski definition) is 0. The Bertz CT molecular complexity index is 912. The van der Waals surface area contributed by atoms with Gasteiger partial charge in [-0.15, -0.1) is 5.10 Å². The van der Waals surface area contributed by atoms with Gasteiger partial charge in [0, 0.05) is 17.3 Å². The molecule has 0 saturated carbocycles. The van der Waals surface area contributed by atoms with Crippen molar-refractivity contribution in [3.63, 3.8) is 0 Å². The number of amides is 1. The Labute approximate surface area is 142 Å². The molecule has 1 aliphatic rings. The summed E-state index contributed by atoms with van der Waals surface area (Å²) in [7, 11) is 0. The van der Waals surface area contributed by atoms with Crippen molar-refractivity contribution in [2.24, 2.45) is 0 Å². The number of nitrogens with zero attached hydrogens (tertiary/aromatic N) is 3. The lowest BCUT2D eigenvalue weighted by Gasteiger charge is -2.17. The summed E-state index contributed by atoms with van der Waals surface area (Å²) in [6.07, 6.45) is 2.37. The van der Waals surface area contributed by atoms with Crippen LogP contribution < -0.4 is 4.90 Å². The van der Waals surface area contributed by atoms with Gasteiger partial charge in [0.1, 0.15) is 10.8 Å². The van der Waals surface area contributed by atoms with Gasteiger partial charge in [-0.05, 0) is 18.6 Å². The largest absolute Gasteiger partial charge is 0.309 e. The summed E-state index contributed by atoms with van der Waals surface area (Å²) in [6.45, 7) is 0.510. The van der Waals surface area contributed by atoms with E-state index >= 15 is 0 Å². The van der Waals surface area contributed by atoms with Crippen molar-refractivity contribution in [1.29, 1.82) is 0 Å². The Morgan fingerprint density at radius 2 is 1.92 bits per heavy atom. The Kier molecular flexibility index (Phi) is 3.90. The van der Waals surface area contributed by atoms with E-state index < -0.39 is 0 Å². The first-order valence-corrected chi connectivity index (χ1v) is 8.55. The summed E-state index contributed by atoms with van der Waals surface area (Å²) in [4.78, 5) is 14.2. The SMILES string of the molecule is O=C1[C@H](Sc2nncc3ccccc23)CCN1c1ccccc1F. The molecule has 4 rings (SSSR count). The number of thioether (sulfide) groups is 1. The quantitative estimate of drug-likeness (QED) is 0.730. The number of benzene rings is 2. The molecule has 3 aromatic rings. The highest BCUT2D eigenvalue weighted by atomic mass is 32.2. The van der Waals surface area contributed by atoms with Crippen LogP contribution in [-0.4, -0.2) is 27.9 Å². The summed E-state index contributed by atoms with van der Waals surface area (Å²) in [5.74, 6) is -0.457. The molecule has 120 valence electrons. The number of aromatic nitrogens is 2. The number of hydrogen-bond acceptors (Lipinski definition) is 4. The fourth-order valence-corrected chi connectivity index (χ4v) is 4.02. The topological polar surface area (TPSA) is 46.1 Å². The van der Waals surface area contributed by atoms with E-state index in [9.17, 15) is 9.18 Å². The summed E-state index contributed by atoms with van der Waals surface area (Å²) >= 11 is 1.41. The third kappa shape index (κ3) is 2.63. The zero-order valence-electron chi connectivity index (χ0n) is 12.7. The van der Waals surface area contributed by atoms with Gasteiger partial charge in [-0.3, -0.25) is 4.79 Å². The average molecular weight is 339 g/mol. The zero-order valence-corrected chi connectivity index (χ0v) is 13.5. The van der Waals surface area contributed by atoms with E-state index in [1.807, 2.05) is 24.3 Å². The zero-order chi connectivity index (χ0) is 16.5. The fourth-order valence-electron chi connectivity index (χ4n) is 2.90. The van der Waals surface area contributed by atoms with Crippen molar-refractivity contribution in [3.8, 4) is 0 Å². The van der Waals surface area contributed by atoms with Crippen molar-refractivity contribution in [2.45, 2.75) is 16.7 Å². The molecular weight excluding hydrogens is 325 g/mol. The van der Waals surface area contributed by atoms with Crippen LogP contribution in [0.5, 0.6) is 0 Å². The predicted molar refractivity (Wildman–Crippen MR) is 92.6 cm³/mol. The molecule has 1 atom stereocenters. The van der Waals surface area contributed by atoms with E-state index in [0.717, 1.165) is 15.8 Å². The second-order valence-electron chi connectivity index (χ2n) is 5.57. The number of halogens is 1. The summed E-state index contributed by atoms with van der Waals surface area (Å²) in [6, 6.07) is 14.2. The smallest absolute Gasteiger partial charge is 0.240 e. The van der Waals surface area contributed by atoms with Crippen LogP contribution in [0, 0.1) is 5.82 Å². The standard InChI is InChI=1S/C18H14FN3OS/c19-14-7-3-4-8-15(14)22-10-9-16(18(22)23)24-17-13-6-2-1-5-12(13)11-20-21-17/h1-8,11,16H,9-10H2/t16-/m1/s1. The molecule has 2 aromatic carbocycles. The average Bonchev–Trinajstić information content (AvgIpc) is 2.96. The lowest BCUT2D eigenvalue weighted by atomic mass is 10.2. The molecule has 1 amide bonds. The van der Waals surface area contributed by atoms with Gasteiger partial charge in [0.15, 0.2) is 0 Å². The molecule has 1 aliphatic heterocycles. The molecule has 0 radical (unpaired) electrons. The highest BCUT2D eigenvalue weighted by Gasteiger charge is 2.35. The van der Waals surface area contributed by atoms with Crippen molar-refractivity contribution >= 4 is 34.1 Å². The van der Waals surface area contributed by atoms with Gasteiger partial charge in [-0.2, -0.15) is 5.10 Å². The lowest BCUT2D eigenvalue weighted by Crippen LogP contribution is -2.28. The van der Waals surface area contributed by atoms with Gasteiger partial charge in [0.2, 0.25) is 5.91 Å². The molecule has 24 heavy (non-hydrogen) atoms. The van der Waals surface area contributed by atoms with Crippen LogP contribution in [0.25, 0.3) is 10.8 Å². The molecule has 1 fully saturated rings. The number of rotatable bonds is 3. The maximum atomic E-state index is 14.0. The highest BCUT2D eigenvalue weighted by molar-refractivity contribution is 8.00. The number of fused-ring (bicyclic) bond motifs is 1. The number of carbonyl (C=O) groups excluding carboxylic acids is 1. The van der Waals surface area contributed by atoms with Crippen LogP contribution in [0.4, 0.5) is 10.1 Å². The monoisotopic (exact) mass is 339 g/mol. The van der Waals surface area contributed by atoms with E-state index in [2.05, 4.69) is 10.2 Å². The third-order valence-corrected chi connectivity index (χ3v) is 5.34. The van der Waals surface area contributed by atoms with E-state index in [1.54, 1.807) is 24.4 Å². The van der Waals surface area contributed by atoms with Crippen LogP contribution in [-0.2, 0) is 4.79 Å². The molecule has 1 saturated heterocycles. The van der Waals surface area contributed by atoms with Gasteiger partial charge < -0.3 is 4.90 Å². The predicted octanol–water partition coefficient (Wildman–Crippen LogP) is 3.67. The van der Waals surface area contributed by atoms with Gasteiger partial charge in [0.05, 0.1) is 17.1 Å². The van der Waals surface area contributed by atoms with Gasteiger partial charge >= 0.3 is 0 Å². The van der Waals surface area contributed by atoms with E-state index in [0.29, 0.717) is 18.7 Å². The second kappa shape index (κ2) is 6.20. The van der Waals surface area contributed by atoms with E-state index in [1.165, 1.54) is 22.7 Å². The van der Waals surface area contributed by atoms with Gasteiger partial charge in [0.25, 0.3) is 0 Å². The summed E-state index contributed by atoms with van der Waals surface area (Å²) in [5.41, 5.74) is 0.342. The minimum absolute atomic E-state index is 0.0835. The minimum Gasteiger partial charge on any atom is -0.309 e. The van der Waals surface area contributed by atoms with Crippen LogP contribution in [0.15, 0.2) is 59.8 Å². The molecule has 0 spiro atoms. The first-order valence-electron chi connectivity index (χ1n) is 7.67. The molecule has 0 aliphatic carbocycles. The van der Waals surface area contributed by atoms with Crippen molar-refractivity contribution < 1.29 is 9.18 Å². The third-order valence-electron chi connectivity index (χ3n) is 4.09. The van der Waals surface area contributed by atoms with E-state index in [-0.39, 0.29) is 17.0 Å². The Morgan fingerprint density at radius 1 is 1.12 bits per heavy atom. The Morgan fingerprint density at radius 3 is 2.79 bits per heavy atom. The molecule has 6 heteroatoms. The van der Waals surface area contributed by atoms with Crippen LogP contribution >= 0.6 is 11.8 Å². The maximum absolute atomic E-state index is 14.0.